The van der Waals surface area contributed by atoms with Gasteiger partial charge >= 0.3 is 0 Å². The minimum atomic E-state index is -0.106. The van der Waals surface area contributed by atoms with E-state index in [1.54, 1.807) is 6.20 Å². The number of hydrogen-bond donors (Lipinski definition) is 4. The molecular weight excluding hydrogens is 204 g/mol. The van der Waals surface area contributed by atoms with Crippen LogP contribution in [0, 0.1) is 5.92 Å². The van der Waals surface area contributed by atoms with Crippen LogP contribution < -0.4 is 16.6 Å². The van der Waals surface area contributed by atoms with Crippen molar-refractivity contribution in [2.45, 2.75) is 25.4 Å². The molecule has 0 aromatic carbocycles. The van der Waals surface area contributed by atoms with E-state index in [-0.39, 0.29) is 6.10 Å². The second kappa shape index (κ2) is 5.14. The predicted molar refractivity (Wildman–Crippen MR) is 63.9 cm³/mol. The molecule has 0 aliphatic heterocycles. The van der Waals surface area contributed by atoms with E-state index in [4.69, 9.17) is 5.84 Å². The summed E-state index contributed by atoms with van der Waals surface area (Å²) in [6.07, 6.45) is 4.53. The van der Waals surface area contributed by atoms with Gasteiger partial charge in [-0.15, -0.1) is 0 Å². The van der Waals surface area contributed by atoms with Gasteiger partial charge in [-0.3, -0.25) is 0 Å². The molecule has 1 aliphatic rings. The van der Waals surface area contributed by atoms with Gasteiger partial charge in [0.05, 0.1) is 6.10 Å². The zero-order valence-corrected chi connectivity index (χ0v) is 9.19. The first-order chi connectivity index (χ1) is 7.78. The van der Waals surface area contributed by atoms with Gasteiger partial charge in [0.25, 0.3) is 0 Å². The van der Waals surface area contributed by atoms with Crippen molar-refractivity contribution in [3.63, 3.8) is 0 Å². The van der Waals surface area contributed by atoms with E-state index < -0.39 is 0 Å². The van der Waals surface area contributed by atoms with Crippen molar-refractivity contribution in [2.24, 2.45) is 11.8 Å². The Kier molecular flexibility index (Phi) is 3.58. The summed E-state index contributed by atoms with van der Waals surface area (Å²) in [6, 6.07) is 3.78. The number of hydrazine groups is 1. The van der Waals surface area contributed by atoms with E-state index in [0.717, 1.165) is 31.5 Å². The molecule has 0 spiro atoms. The Morgan fingerprint density at radius 2 is 2.38 bits per heavy atom. The van der Waals surface area contributed by atoms with Gasteiger partial charge in [-0.1, -0.05) is 0 Å². The van der Waals surface area contributed by atoms with Gasteiger partial charge in [-0.25, -0.2) is 10.8 Å². The second-order valence-electron chi connectivity index (χ2n) is 4.29. The molecule has 1 aromatic heterocycles. The van der Waals surface area contributed by atoms with E-state index in [0.29, 0.717) is 11.7 Å². The Bertz CT molecular complexity index is 345. The number of aliphatic hydroxyl groups is 1. The molecule has 5 N–H and O–H groups in total. The summed E-state index contributed by atoms with van der Waals surface area (Å²) in [4.78, 5) is 4.03. The largest absolute Gasteiger partial charge is 0.393 e. The Morgan fingerprint density at radius 1 is 1.50 bits per heavy atom. The zero-order chi connectivity index (χ0) is 11.4. The van der Waals surface area contributed by atoms with Crippen molar-refractivity contribution < 1.29 is 5.11 Å². The molecule has 1 aliphatic carbocycles. The smallest absolute Gasteiger partial charge is 0.141 e. The summed E-state index contributed by atoms with van der Waals surface area (Å²) in [5.41, 5.74) is 3.52. The molecule has 2 unspecified atom stereocenters. The van der Waals surface area contributed by atoms with Crippen LogP contribution in [0.3, 0.4) is 0 Å². The lowest BCUT2D eigenvalue weighted by Crippen LogP contribution is -2.13. The number of aliphatic hydroxyl groups excluding tert-OH is 1. The summed E-state index contributed by atoms with van der Waals surface area (Å²) in [5.74, 6) is 6.50. The first-order valence-electron chi connectivity index (χ1n) is 5.62. The maximum absolute atomic E-state index is 9.41. The average Bonchev–Trinajstić information content (AvgIpc) is 2.73. The van der Waals surface area contributed by atoms with Crippen LogP contribution in [-0.4, -0.2) is 22.7 Å². The van der Waals surface area contributed by atoms with Crippen molar-refractivity contribution >= 4 is 11.5 Å². The van der Waals surface area contributed by atoms with Crippen LogP contribution in [-0.2, 0) is 0 Å². The fourth-order valence-corrected chi connectivity index (χ4v) is 2.12. The number of hydrogen-bond acceptors (Lipinski definition) is 5. The van der Waals surface area contributed by atoms with Crippen LogP contribution >= 0.6 is 0 Å². The number of nitrogens with one attached hydrogen (secondary N) is 2. The summed E-state index contributed by atoms with van der Waals surface area (Å²) >= 11 is 0. The van der Waals surface area contributed by atoms with E-state index in [1.807, 2.05) is 12.1 Å². The van der Waals surface area contributed by atoms with Crippen molar-refractivity contribution in [2.75, 3.05) is 17.3 Å². The van der Waals surface area contributed by atoms with Gasteiger partial charge < -0.3 is 15.8 Å². The number of nitrogen functional groups attached to an aromatic ring is 1. The SMILES string of the molecule is NNc1cc(NCC2CCC(O)C2)ccn1. The maximum Gasteiger partial charge on any atom is 0.141 e. The molecule has 1 fully saturated rings. The number of nitrogens with two attached hydrogens (primary N) is 1. The molecule has 2 atom stereocenters. The molecule has 1 saturated carbocycles. The Morgan fingerprint density at radius 3 is 3.06 bits per heavy atom. The number of anilines is 2. The number of pyridine rings is 1. The first kappa shape index (κ1) is 11.2. The van der Waals surface area contributed by atoms with Crippen LogP contribution in [0.4, 0.5) is 11.5 Å². The van der Waals surface area contributed by atoms with Crippen LogP contribution in [0.2, 0.25) is 0 Å². The fraction of sp³-hybridized carbons (Fsp3) is 0.545. The standard InChI is InChI=1S/C11H18N4O/c12-15-11-6-9(3-4-13-11)14-7-8-1-2-10(16)5-8/h3-4,6,8,10,16H,1-2,5,7,12H2,(H2,13,14,15). The highest BCUT2D eigenvalue weighted by atomic mass is 16.3. The van der Waals surface area contributed by atoms with Crippen LogP contribution in [0.15, 0.2) is 18.3 Å². The normalized spacial score (nSPS) is 24.4. The van der Waals surface area contributed by atoms with Crippen molar-refractivity contribution in [3.8, 4) is 0 Å². The number of nitrogens with zero attached hydrogens (tertiary/aromatic N) is 1. The number of aromatic nitrogens is 1. The molecule has 0 bridgehead atoms. The predicted octanol–water partition coefficient (Wildman–Crippen LogP) is 0.940. The average molecular weight is 222 g/mol. The molecule has 88 valence electrons. The second-order valence-corrected chi connectivity index (χ2v) is 4.29. The molecule has 5 heteroatoms. The topological polar surface area (TPSA) is 83.2 Å². The quantitative estimate of drug-likeness (QED) is 0.450. The van der Waals surface area contributed by atoms with Gasteiger partial charge in [0.2, 0.25) is 0 Å². The first-order valence-corrected chi connectivity index (χ1v) is 5.62. The Labute approximate surface area is 95.0 Å². The van der Waals surface area contributed by atoms with Gasteiger partial charge in [0.1, 0.15) is 5.82 Å². The van der Waals surface area contributed by atoms with Gasteiger partial charge in [0.15, 0.2) is 0 Å². The minimum absolute atomic E-state index is 0.106. The van der Waals surface area contributed by atoms with E-state index in [9.17, 15) is 5.11 Å². The van der Waals surface area contributed by atoms with Gasteiger partial charge in [-0.2, -0.15) is 0 Å². The van der Waals surface area contributed by atoms with Crippen molar-refractivity contribution in [1.82, 2.24) is 4.98 Å². The molecule has 0 saturated heterocycles. The van der Waals surface area contributed by atoms with Crippen molar-refractivity contribution in [3.05, 3.63) is 18.3 Å². The molecule has 0 radical (unpaired) electrons. The summed E-state index contributed by atoms with van der Waals surface area (Å²) in [7, 11) is 0. The van der Waals surface area contributed by atoms with E-state index in [1.165, 1.54) is 0 Å². The van der Waals surface area contributed by atoms with Crippen LogP contribution in [0.5, 0.6) is 0 Å². The third-order valence-electron chi connectivity index (χ3n) is 3.02. The maximum atomic E-state index is 9.41. The third kappa shape index (κ3) is 2.84. The zero-order valence-electron chi connectivity index (χ0n) is 9.19. The lowest BCUT2D eigenvalue weighted by Gasteiger charge is -2.12. The lowest BCUT2D eigenvalue weighted by atomic mass is 10.1. The highest BCUT2D eigenvalue weighted by Gasteiger charge is 2.22. The Hall–Kier alpha value is -1.33. The molecule has 1 heterocycles. The van der Waals surface area contributed by atoms with Crippen LogP contribution in [0.25, 0.3) is 0 Å². The molecule has 5 nitrogen and oxygen atoms in total. The Balaban J connectivity index is 1.84. The fourth-order valence-electron chi connectivity index (χ4n) is 2.12. The number of rotatable bonds is 4. The summed E-state index contributed by atoms with van der Waals surface area (Å²) in [5, 5.41) is 12.7. The van der Waals surface area contributed by atoms with Gasteiger partial charge in [0, 0.05) is 24.5 Å². The van der Waals surface area contributed by atoms with E-state index in [2.05, 4.69) is 15.7 Å². The molecule has 2 rings (SSSR count). The molecular formula is C11H18N4O. The lowest BCUT2D eigenvalue weighted by molar-refractivity contribution is 0.178. The monoisotopic (exact) mass is 222 g/mol. The molecule has 0 amide bonds. The summed E-state index contributed by atoms with van der Waals surface area (Å²) < 4.78 is 0. The van der Waals surface area contributed by atoms with Crippen molar-refractivity contribution in [1.29, 1.82) is 0 Å². The summed E-state index contributed by atoms with van der Waals surface area (Å²) in [6.45, 7) is 0.894. The third-order valence-corrected chi connectivity index (χ3v) is 3.02. The molecule has 16 heavy (non-hydrogen) atoms. The van der Waals surface area contributed by atoms with E-state index >= 15 is 0 Å². The van der Waals surface area contributed by atoms with Gasteiger partial charge in [-0.05, 0) is 31.2 Å². The highest BCUT2D eigenvalue weighted by molar-refractivity contribution is 5.51. The van der Waals surface area contributed by atoms with Crippen LogP contribution in [0.1, 0.15) is 19.3 Å². The highest BCUT2D eigenvalue weighted by Crippen LogP contribution is 2.25. The minimum Gasteiger partial charge on any atom is -0.393 e. The molecule has 1 aromatic rings.